The van der Waals surface area contributed by atoms with Crippen LogP contribution in [0.15, 0.2) is 88.8 Å². The maximum atomic E-state index is 14.0. The van der Waals surface area contributed by atoms with Gasteiger partial charge in [-0.2, -0.15) is 4.58 Å². The largest absolute Gasteiger partial charge is 0.506 e. The molecule has 1 aliphatic carbocycles. The number of hydrogen-bond donors (Lipinski definition) is 1. The topological polar surface area (TPSA) is 45.2 Å². The van der Waals surface area contributed by atoms with Crippen molar-refractivity contribution < 1.29 is 14.5 Å². The van der Waals surface area contributed by atoms with E-state index in [1.54, 1.807) is 0 Å². The number of aliphatic hydroxyl groups excluding tert-OH is 1. The SMILES string of the molecule is CCC1=C(C)C(=C2C(=O)C(c3c(C)c(CC)c(C)n3Cc3ccccc3)=C2O)[N+](Cc2ccccc2)=C1C. The molecular weight excluding hydrogens is 468 g/mol. The van der Waals surface area contributed by atoms with E-state index >= 15 is 0 Å². The summed E-state index contributed by atoms with van der Waals surface area (Å²) in [6.07, 6.45) is 1.76. The summed E-state index contributed by atoms with van der Waals surface area (Å²) in [5, 5.41) is 11.6. The summed E-state index contributed by atoms with van der Waals surface area (Å²) < 4.78 is 4.42. The first kappa shape index (κ1) is 25.7. The quantitative estimate of drug-likeness (QED) is 0.272. The van der Waals surface area contributed by atoms with Crippen molar-refractivity contribution in [2.75, 3.05) is 0 Å². The number of benzene rings is 2. The lowest BCUT2D eigenvalue weighted by Crippen LogP contribution is -2.28. The molecule has 0 amide bonds. The Bertz CT molecular complexity index is 1560. The van der Waals surface area contributed by atoms with Crippen LogP contribution < -0.4 is 0 Å². The molecular formula is C34H37N2O2+. The molecule has 1 N–H and O–H groups in total. The number of carbonyl (C=O) groups excluding carboxylic acids is 1. The van der Waals surface area contributed by atoms with Crippen LogP contribution in [0.1, 0.15) is 67.8 Å². The van der Waals surface area contributed by atoms with Crippen LogP contribution in [-0.2, 0) is 24.3 Å². The van der Waals surface area contributed by atoms with E-state index in [0.717, 1.165) is 46.8 Å². The smallest absolute Gasteiger partial charge is 0.224 e. The molecule has 0 saturated heterocycles. The summed E-state index contributed by atoms with van der Waals surface area (Å²) in [5.41, 5.74) is 11.9. The van der Waals surface area contributed by atoms with Gasteiger partial charge in [-0.15, -0.1) is 0 Å². The molecule has 2 heterocycles. The predicted octanol–water partition coefficient (Wildman–Crippen LogP) is 7.24. The highest BCUT2D eigenvalue weighted by Crippen LogP contribution is 2.44. The number of allylic oxidation sites excluding steroid dienone is 4. The second-order valence-corrected chi connectivity index (χ2v) is 10.4. The molecule has 0 spiro atoms. The first-order chi connectivity index (χ1) is 18.3. The summed E-state index contributed by atoms with van der Waals surface area (Å²) in [6.45, 7) is 14.0. The van der Waals surface area contributed by atoms with Gasteiger partial charge >= 0.3 is 0 Å². The van der Waals surface area contributed by atoms with Gasteiger partial charge in [0.05, 0.1) is 11.3 Å². The number of aliphatic hydroxyl groups is 1. The third-order valence-corrected chi connectivity index (χ3v) is 8.31. The lowest BCUT2D eigenvalue weighted by Gasteiger charge is -2.24. The van der Waals surface area contributed by atoms with Gasteiger partial charge in [0.25, 0.3) is 0 Å². The third kappa shape index (κ3) is 3.99. The zero-order chi connectivity index (χ0) is 27.1. The number of nitrogens with zero attached hydrogens (tertiary/aromatic N) is 2. The first-order valence-corrected chi connectivity index (χ1v) is 13.6. The number of Topliss-reactive ketones (excluding diaryl/α,β-unsaturated/α-hetero) is 1. The minimum Gasteiger partial charge on any atom is -0.506 e. The monoisotopic (exact) mass is 505 g/mol. The molecule has 0 unspecified atom stereocenters. The molecule has 4 heteroatoms. The van der Waals surface area contributed by atoms with Crippen LogP contribution >= 0.6 is 0 Å². The molecule has 194 valence electrons. The van der Waals surface area contributed by atoms with Crippen LogP contribution in [-0.4, -0.2) is 25.7 Å². The third-order valence-electron chi connectivity index (χ3n) is 8.31. The fraction of sp³-hybridized carbons (Fsp3) is 0.294. The lowest BCUT2D eigenvalue weighted by molar-refractivity contribution is -0.487. The molecule has 2 aliphatic rings. The molecule has 0 radical (unpaired) electrons. The van der Waals surface area contributed by atoms with Crippen LogP contribution in [0.3, 0.4) is 0 Å². The first-order valence-electron chi connectivity index (χ1n) is 13.6. The summed E-state index contributed by atoms with van der Waals surface area (Å²) in [4.78, 5) is 14.0. The van der Waals surface area contributed by atoms with Gasteiger partial charge in [-0.1, -0.05) is 74.5 Å². The molecule has 1 aliphatic heterocycles. The Morgan fingerprint density at radius 3 is 1.97 bits per heavy atom. The van der Waals surface area contributed by atoms with Crippen molar-refractivity contribution in [1.29, 1.82) is 0 Å². The molecule has 2 aromatic carbocycles. The van der Waals surface area contributed by atoms with E-state index in [9.17, 15) is 9.90 Å². The lowest BCUT2D eigenvalue weighted by atomic mass is 9.81. The average Bonchev–Trinajstić information content (AvgIpc) is 3.28. The van der Waals surface area contributed by atoms with Gasteiger partial charge in [-0.3, -0.25) is 4.79 Å². The van der Waals surface area contributed by atoms with Gasteiger partial charge in [-0.25, -0.2) is 0 Å². The Morgan fingerprint density at radius 2 is 1.42 bits per heavy atom. The number of aromatic nitrogens is 1. The van der Waals surface area contributed by atoms with Crippen molar-refractivity contribution in [2.24, 2.45) is 0 Å². The van der Waals surface area contributed by atoms with E-state index in [0.29, 0.717) is 24.2 Å². The van der Waals surface area contributed by atoms with E-state index in [-0.39, 0.29) is 11.5 Å². The highest BCUT2D eigenvalue weighted by molar-refractivity contribution is 6.39. The highest BCUT2D eigenvalue weighted by Gasteiger charge is 2.46. The van der Waals surface area contributed by atoms with Gasteiger partial charge in [0.15, 0.2) is 12.3 Å². The standard InChI is InChI=1S/C34H36N2O2/c1-7-27-21(3)31(35(23(27)5)19-25-15-11-9-12-16-25)29-33(37)30(34(29)38)32-22(4)28(8-2)24(6)36(32)20-26-17-13-10-14-18-26/h9-18H,7-8,19-20H2,1-6H3/p+1. The van der Waals surface area contributed by atoms with Crippen LogP contribution in [0.2, 0.25) is 0 Å². The Labute approximate surface area is 226 Å². The van der Waals surface area contributed by atoms with Crippen molar-refractivity contribution >= 4 is 17.1 Å². The van der Waals surface area contributed by atoms with Crippen molar-refractivity contribution in [1.82, 2.24) is 4.57 Å². The van der Waals surface area contributed by atoms with E-state index in [4.69, 9.17) is 0 Å². The van der Waals surface area contributed by atoms with Gasteiger partial charge in [0.2, 0.25) is 11.5 Å². The van der Waals surface area contributed by atoms with E-state index in [2.05, 4.69) is 75.0 Å². The van der Waals surface area contributed by atoms with Crippen molar-refractivity contribution in [3.63, 3.8) is 0 Å². The zero-order valence-electron chi connectivity index (χ0n) is 23.4. The van der Waals surface area contributed by atoms with E-state index < -0.39 is 0 Å². The Hall–Kier alpha value is -3.92. The van der Waals surface area contributed by atoms with Crippen LogP contribution in [0.5, 0.6) is 0 Å². The van der Waals surface area contributed by atoms with E-state index in [1.165, 1.54) is 22.3 Å². The minimum absolute atomic E-state index is 0.0716. The number of carbonyl (C=O) groups is 1. The molecule has 38 heavy (non-hydrogen) atoms. The van der Waals surface area contributed by atoms with E-state index in [1.807, 2.05) is 36.4 Å². The van der Waals surface area contributed by atoms with Crippen molar-refractivity contribution in [2.45, 2.75) is 67.5 Å². The minimum atomic E-state index is -0.0716. The van der Waals surface area contributed by atoms with Crippen molar-refractivity contribution in [3.05, 3.63) is 122 Å². The van der Waals surface area contributed by atoms with Gasteiger partial charge in [0, 0.05) is 35.9 Å². The summed E-state index contributed by atoms with van der Waals surface area (Å²) in [6, 6.07) is 20.6. The Kier molecular flexibility index (Phi) is 6.83. The fourth-order valence-electron chi connectivity index (χ4n) is 6.35. The van der Waals surface area contributed by atoms with Crippen molar-refractivity contribution in [3.8, 4) is 0 Å². The average molecular weight is 506 g/mol. The van der Waals surface area contributed by atoms with Gasteiger partial charge in [0.1, 0.15) is 11.3 Å². The van der Waals surface area contributed by atoms with Gasteiger partial charge < -0.3 is 9.67 Å². The van der Waals surface area contributed by atoms with Crippen LogP contribution in [0, 0.1) is 13.8 Å². The fourth-order valence-corrected chi connectivity index (χ4v) is 6.35. The summed E-state index contributed by atoms with van der Waals surface area (Å²) in [5.74, 6) is 0.0442. The summed E-state index contributed by atoms with van der Waals surface area (Å²) in [7, 11) is 0. The number of rotatable bonds is 7. The van der Waals surface area contributed by atoms with Crippen LogP contribution in [0.25, 0.3) is 5.57 Å². The van der Waals surface area contributed by atoms with Crippen LogP contribution in [0.4, 0.5) is 0 Å². The molecule has 3 aromatic rings. The molecule has 5 rings (SSSR count). The second-order valence-electron chi connectivity index (χ2n) is 10.4. The Morgan fingerprint density at radius 1 is 0.816 bits per heavy atom. The summed E-state index contributed by atoms with van der Waals surface area (Å²) >= 11 is 0. The molecule has 4 nitrogen and oxygen atoms in total. The maximum absolute atomic E-state index is 14.0. The van der Waals surface area contributed by atoms with Gasteiger partial charge in [-0.05, 0) is 50.3 Å². The maximum Gasteiger partial charge on any atom is 0.224 e. The Balaban J connectivity index is 1.67. The molecule has 1 aromatic heterocycles. The molecule has 0 atom stereocenters. The second kappa shape index (κ2) is 10.1. The predicted molar refractivity (Wildman–Crippen MR) is 154 cm³/mol. The number of ketones is 1. The molecule has 0 bridgehead atoms. The highest BCUT2D eigenvalue weighted by atomic mass is 16.3. The molecule has 0 fully saturated rings. The molecule has 0 saturated carbocycles. The normalized spacial score (nSPS) is 17.7. The zero-order valence-corrected chi connectivity index (χ0v) is 23.4. The number of hydrogen-bond acceptors (Lipinski definition) is 2.